The van der Waals surface area contributed by atoms with Crippen molar-refractivity contribution in [2.24, 2.45) is 5.92 Å². The summed E-state index contributed by atoms with van der Waals surface area (Å²) in [4.78, 5) is 17.0. The second-order valence-electron chi connectivity index (χ2n) is 6.50. The Hall–Kier alpha value is -2.80. The molecule has 3 aromatic heterocycles. The van der Waals surface area contributed by atoms with Crippen LogP contribution in [0.4, 0.5) is 0 Å². The van der Waals surface area contributed by atoms with Crippen LogP contribution in [-0.2, 0) is 6.42 Å². The van der Waals surface area contributed by atoms with Gasteiger partial charge in [0.25, 0.3) is 5.91 Å². The second-order valence-corrected chi connectivity index (χ2v) is 6.50. The van der Waals surface area contributed by atoms with E-state index in [4.69, 9.17) is 0 Å². The molecule has 0 saturated heterocycles. The zero-order valence-electron chi connectivity index (χ0n) is 13.6. The monoisotopic (exact) mass is 337 g/mol. The third-order valence-electron chi connectivity index (χ3n) is 4.75. The molecule has 0 spiro atoms. The molecule has 4 rings (SSSR count). The number of hydrogen-bond donors (Lipinski definition) is 2. The van der Waals surface area contributed by atoms with Crippen LogP contribution in [0.3, 0.4) is 0 Å². The van der Waals surface area contributed by atoms with Crippen molar-refractivity contribution in [1.29, 1.82) is 0 Å². The third kappa shape index (κ3) is 3.36. The molecule has 1 aliphatic rings. The number of aliphatic hydroxyl groups excluding tert-OH is 1. The van der Waals surface area contributed by atoms with Gasteiger partial charge in [0.2, 0.25) is 0 Å². The average Bonchev–Trinajstić information content (AvgIpc) is 3.07. The molecule has 2 N–H and O–H groups in total. The fourth-order valence-corrected chi connectivity index (χ4v) is 3.25. The van der Waals surface area contributed by atoms with Gasteiger partial charge in [-0.1, -0.05) is 6.07 Å². The lowest BCUT2D eigenvalue weighted by molar-refractivity contribution is 0.0238. The highest BCUT2D eigenvalue weighted by Crippen LogP contribution is 2.31. The Morgan fingerprint density at radius 3 is 3.00 bits per heavy atom. The smallest absolute Gasteiger partial charge is 0.251 e. The third-order valence-corrected chi connectivity index (χ3v) is 4.75. The van der Waals surface area contributed by atoms with Gasteiger partial charge in [-0.2, -0.15) is 0 Å². The van der Waals surface area contributed by atoms with E-state index in [1.165, 1.54) is 0 Å². The van der Waals surface area contributed by atoms with Gasteiger partial charge in [-0.3, -0.25) is 14.2 Å². The highest BCUT2D eigenvalue weighted by molar-refractivity contribution is 5.95. The summed E-state index contributed by atoms with van der Waals surface area (Å²) in [5.74, 6) is 0.116. The van der Waals surface area contributed by atoms with Crippen molar-refractivity contribution in [2.45, 2.75) is 31.4 Å². The Bertz CT molecular complexity index is 873. The van der Waals surface area contributed by atoms with Crippen molar-refractivity contribution in [2.75, 3.05) is 0 Å². The molecule has 1 fully saturated rings. The molecule has 1 atom stereocenters. The Balaban J connectivity index is 1.51. The van der Waals surface area contributed by atoms with Crippen LogP contribution < -0.4 is 5.32 Å². The standard InChI is InChI=1S/C18H19N5O2/c24-15-7-13(8-15)16(10-14-3-1-2-5-19-14)21-18(25)12-4-6-23-11-20-22-17(23)9-12/h1-6,9,11,13,15-16,24H,7-8,10H2,(H,21,25)/t13?,15?,16-/m1/s1. The normalized spacial score (nSPS) is 20.8. The summed E-state index contributed by atoms with van der Waals surface area (Å²) in [6.45, 7) is 0. The number of carbonyl (C=O) groups excluding carboxylic acids is 1. The maximum absolute atomic E-state index is 12.7. The van der Waals surface area contributed by atoms with E-state index in [0.717, 1.165) is 5.69 Å². The number of carbonyl (C=O) groups is 1. The summed E-state index contributed by atoms with van der Waals surface area (Å²) >= 11 is 0. The molecule has 3 heterocycles. The SMILES string of the molecule is O=C(N[C@H](Cc1ccccn1)C1CC(O)C1)c1ccn2cnnc2c1. The molecule has 3 aromatic rings. The number of nitrogens with one attached hydrogen (secondary N) is 1. The van der Waals surface area contributed by atoms with Gasteiger partial charge in [-0.05, 0) is 43.0 Å². The predicted molar refractivity (Wildman–Crippen MR) is 90.9 cm³/mol. The lowest BCUT2D eigenvalue weighted by Crippen LogP contribution is -2.48. The molecule has 1 aliphatic carbocycles. The van der Waals surface area contributed by atoms with Crippen molar-refractivity contribution < 1.29 is 9.90 Å². The van der Waals surface area contributed by atoms with Crippen molar-refractivity contribution in [3.63, 3.8) is 0 Å². The van der Waals surface area contributed by atoms with E-state index >= 15 is 0 Å². The molecule has 25 heavy (non-hydrogen) atoms. The molecule has 0 aromatic carbocycles. The van der Waals surface area contributed by atoms with Crippen molar-refractivity contribution in [3.05, 3.63) is 60.3 Å². The van der Waals surface area contributed by atoms with Gasteiger partial charge in [0, 0.05) is 36.1 Å². The maximum Gasteiger partial charge on any atom is 0.251 e. The molecule has 0 radical (unpaired) electrons. The second kappa shape index (κ2) is 6.60. The van der Waals surface area contributed by atoms with E-state index in [1.54, 1.807) is 35.3 Å². The van der Waals surface area contributed by atoms with Gasteiger partial charge in [-0.25, -0.2) is 0 Å². The zero-order valence-corrected chi connectivity index (χ0v) is 13.6. The topological polar surface area (TPSA) is 92.4 Å². The van der Waals surface area contributed by atoms with E-state index in [1.807, 2.05) is 18.2 Å². The van der Waals surface area contributed by atoms with Crippen LogP contribution in [0.25, 0.3) is 5.65 Å². The minimum atomic E-state index is -0.263. The minimum Gasteiger partial charge on any atom is -0.393 e. The van der Waals surface area contributed by atoms with E-state index in [9.17, 15) is 9.90 Å². The van der Waals surface area contributed by atoms with E-state index < -0.39 is 0 Å². The number of rotatable bonds is 5. The van der Waals surface area contributed by atoms with Gasteiger partial charge in [0.05, 0.1) is 6.10 Å². The molecular formula is C18H19N5O2. The van der Waals surface area contributed by atoms with Crippen molar-refractivity contribution in [1.82, 2.24) is 24.9 Å². The summed E-state index contributed by atoms with van der Waals surface area (Å²) in [7, 11) is 0. The van der Waals surface area contributed by atoms with Crippen LogP contribution in [0.15, 0.2) is 49.1 Å². The number of aromatic nitrogens is 4. The number of hydrogen-bond acceptors (Lipinski definition) is 5. The molecule has 1 saturated carbocycles. The highest BCUT2D eigenvalue weighted by Gasteiger charge is 2.35. The quantitative estimate of drug-likeness (QED) is 0.731. The van der Waals surface area contributed by atoms with Crippen LogP contribution in [0.1, 0.15) is 28.9 Å². The first kappa shape index (κ1) is 15.7. The Labute approximate surface area is 144 Å². The Morgan fingerprint density at radius 2 is 2.24 bits per heavy atom. The first-order chi connectivity index (χ1) is 12.2. The predicted octanol–water partition coefficient (Wildman–Crippen LogP) is 1.24. The van der Waals surface area contributed by atoms with E-state index in [-0.39, 0.29) is 24.0 Å². The summed E-state index contributed by atoms with van der Waals surface area (Å²) < 4.78 is 1.75. The zero-order chi connectivity index (χ0) is 17.2. The number of fused-ring (bicyclic) bond motifs is 1. The minimum absolute atomic E-state index is 0.0557. The van der Waals surface area contributed by atoms with Gasteiger partial charge >= 0.3 is 0 Å². The van der Waals surface area contributed by atoms with Gasteiger partial charge < -0.3 is 10.4 Å². The van der Waals surface area contributed by atoms with E-state index in [0.29, 0.717) is 30.5 Å². The van der Waals surface area contributed by atoms with Crippen LogP contribution >= 0.6 is 0 Å². The Kier molecular flexibility index (Phi) is 4.15. The van der Waals surface area contributed by atoms with Gasteiger partial charge in [0.15, 0.2) is 5.65 Å². The number of pyridine rings is 2. The van der Waals surface area contributed by atoms with Gasteiger partial charge in [0.1, 0.15) is 6.33 Å². The van der Waals surface area contributed by atoms with E-state index in [2.05, 4.69) is 20.5 Å². The van der Waals surface area contributed by atoms with Crippen LogP contribution in [-0.4, -0.2) is 42.7 Å². The largest absolute Gasteiger partial charge is 0.393 e. The first-order valence-corrected chi connectivity index (χ1v) is 8.37. The molecule has 0 aliphatic heterocycles. The van der Waals surface area contributed by atoms with Crippen molar-refractivity contribution >= 4 is 11.6 Å². The summed E-state index contributed by atoms with van der Waals surface area (Å²) in [6, 6.07) is 9.18. The molecule has 1 amide bonds. The molecule has 7 heteroatoms. The number of aliphatic hydroxyl groups is 1. The van der Waals surface area contributed by atoms with Crippen LogP contribution in [0.5, 0.6) is 0 Å². The molecule has 7 nitrogen and oxygen atoms in total. The molecule has 0 bridgehead atoms. The molecule has 128 valence electrons. The fraction of sp³-hybridized carbons (Fsp3) is 0.333. The van der Waals surface area contributed by atoms with Gasteiger partial charge in [-0.15, -0.1) is 10.2 Å². The summed E-state index contributed by atoms with van der Waals surface area (Å²) in [6.07, 6.45) is 6.92. The first-order valence-electron chi connectivity index (χ1n) is 8.37. The molecule has 0 unspecified atom stereocenters. The summed E-state index contributed by atoms with van der Waals surface area (Å²) in [5.41, 5.74) is 2.11. The summed E-state index contributed by atoms with van der Waals surface area (Å²) in [5, 5.41) is 20.5. The maximum atomic E-state index is 12.7. The lowest BCUT2D eigenvalue weighted by Gasteiger charge is -2.38. The lowest BCUT2D eigenvalue weighted by atomic mass is 9.76. The average molecular weight is 337 g/mol. The molecular weight excluding hydrogens is 318 g/mol. The number of amides is 1. The van der Waals surface area contributed by atoms with Crippen LogP contribution in [0.2, 0.25) is 0 Å². The van der Waals surface area contributed by atoms with Crippen molar-refractivity contribution in [3.8, 4) is 0 Å². The highest BCUT2D eigenvalue weighted by atomic mass is 16.3. The fourth-order valence-electron chi connectivity index (χ4n) is 3.25. The Morgan fingerprint density at radius 1 is 1.36 bits per heavy atom. The number of nitrogens with zero attached hydrogens (tertiary/aromatic N) is 4. The van der Waals surface area contributed by atoms with Crippen LogP contribution in [0, 0.1) is 5.92 Å².